The molecule has 0 bridgehead atoms. The summed E-state index contributed by atoms with van der Waals surface area (Å²) in [6.07, 6.45) is 7.34. The van der Waals surface area contributed by atoms with E-state index in [9.17, 15) is 0 Å². The molecule has 1 saturated heterocycles. The van der Waals surface area contributed by atoms with Gasteiger partial charge in [0, 0.05) is 31.4 Å². The lowest BCUT2D eigenvalue weighted by atomic mass is 9.90. The van der Waals surface area contributed by atoms with Gasteiger partial charge in [-0.2, -0.15) is 0 Å². The lowest BCUT2D eigenvalue weighted by Crippen LogP contribution is -2.41. The minimum Gasteiger partial charge on any atom is -0.349 e. The van der Waals surface area contributed by atoms with Crippen molar-refractivity contribution in [1.82, 2.24) is 20.2 Å². The molecular weight excluding hydrogens is 212 g/mol. The number of nitrogens with one attached hydrogen (secondary N) is 2. The molecule has 2 N–H and O–H groups in total. The van der Waals surface area contributed by atoms with Crippen molar-refractivity contribution in [3.63, 3.8) is 0 Å². The summed E-state index contributed by atoms with van der Waals surface area (Å²) >= 11 is 0. The zero-order valence-corrected chi connectivity index (χ0v) is 10.9. The largest absolute Gasteiger partial charge is 0.349 e. The van der Waals surface area contributed by atoms with Crippen LogP contribution >= 0.6 is 0 Å². The van der Waals surface area contributed by atoms with Gasteiger partial charge < -0.3 is 15.2 Å². The molecule has 1 fully saturated rings. The van der Waals surface area contributed by atoms with Crippen molar-refractivity contribution in [1.29, 1.82) is 0 Å². The Morgan fingerprint density at radius 2 is 2.29 bits per heavy atom. The van der Waals surface area contributed by atoms with Gasteiger partial charge in [-0.25, -0.2) is 4.98 Å². The summed E-state index contributed by atoms with van der Waals surface area (Å²) in [6.45, 7) is 5.82. The molecule has 0 spiro atoms. The maximum Gasteiger partial charge on any atom is 0.107 e. The number of likely N-dealkylation sites (tertiary alicyclic amines) is 1. The maximum absolute atomic E-state index is 4.23. The molecule has 96 valence electrons. The Labute approximate surface area is 104 Å². The average molecular weight is 236 g/mol. The van der Waals surface area contributed by atoms with Crippen molar-refractivity contribution in [3.8, 4) is 0 Å². The van der Waals surface area contributed by atoms with Crippen LogP contribution in [0.5, 0.6) is 0 Å². The van der Waals surface area contributed by atoms with E-state index in [2.05, 4.69) is 34.2 Å². The third kappa shape index (κ3) is 3.82. The van der Waals surface area contributed by atoms with Gasteiger partial charge in [-0.05, 0) is 45.8 Å². The van der Waals surface area contributed by atoms with Crippen LogP contribution in [0.4, 0.5) is 0 Å². The van der Waals surface area contributed by atoms with Crippen LogP contribution < -0.4 is 5.32 Å². The van der Waals surface area contributed by atoms with Crippen LogP contribution in [0.25, 0.3) is 0 Å². The first-order chi connectivity index (χ1) is 8.25. The molecular formula is C13H24N4. The third-order valence-electron chi connectivity index (χ3n) is 3.85. The number of hydrogen-bond acceptors (Lipinski definition) is 3. The van der Waals surface area contributed by atoms with Crippen molar-refractivity contribution in [2.45, 2.75) is 32.2 Å². The van der Waals surface area contributed by atoms with Crippen LogP contribution in [-0.2, 0) is 6.42 Å². The monoisotopic (exact) mass is 236 g/mol. The van der Waals surface area contributed by atoms with Crippen molar-refractivity contribution >= 4 is 0 Å². The number of H-pyrrole nitrogens is 1. The fraction of sp³-hybridized carbons (Fsp3) is 0.769. The summed E-state index contributed by atoms with van der Waals surface area (Å²) in [5.74, 6) is 1.91. The molecule has 1 aromatic heterocycles. The highest BCUT2D eigenvalue weighted by atomic mass is 15.1. The fourth-order valence-corrected chi connectivity index (χ4v) is 2.55. The molecule has 4 heteroatoms. The van der Waals surface area contributed by atoms with Gasteiger partial charge in [-0.3, -0.25) is 0 Å². The van der Waals surface area contributed by atoms with E-state index >= 15 is 0 Å². The van der Waals surface area contributed by atoms with Crippen molar-refractivity contribution < 1.29 is 0 Å². The summed E-state index contributed by atoms with van der Waals surface area (Å²) < 4.78 is 0. The molecule has 1 atom stereocenters. The van der Waals surface area contributed by atoms with E-state index in [-0.39, 0.29) is 0 Å². The number of imidazole rings is 1. The highest BCUT2D eigenvalue weighted by molar-refractivity contribution is 4.88. The Kier molecular flexibility index (Phi) is 4.57. The second kappa shape index (κ2) is 6.17. The SMILES string of the molecule is CC(NCCc1ncc[nH]1)C1CCN(C)CC1. The standard InChI is InChI=1S/C13H24N4/c1-11(12-4-9-17(2)10-5-12)14-6-3-13-15-7-8-16-13/h7-8,11-12,14H,3-6,9-10H2,1-2H3,(H,15,16). The maximum atomic E-state index is 4.23. The van der Waals surface area contributed by atoms with E-state index in [0.29, 0.717) is 6.04 Å². The average Bonchev–Trinajstić information content (AvgIpc) is 2.83. The van der Waals surface area contributed by atoms with Gasteiger partial charge in [0.2, 0.25) is 0 Å². The molecule has 0 radical (unpaired) electrons. The number of aromatic nitrogens is 2. The molecule has 4 nitrogen and oxygen atoms in total. The summed E-state index contributed by atoms with van der Waals surface area (Å²) in [6, 6.07) is 0.624. The first-order valence-corrected chi connectivity index (χ1v) is 6.66. The summed E-state index contributed by atoms with van der Waals surface area (Å²) in [4.78, 5) is 9.79. The van der Waals surface area contributed by atoms with Crippen LogP contribution in [0, 0.1) is 5.92 Å². The van der Waals surface area contributed by atoms with Crippen LogP contribution in [0.1, 0.15) is 25.6 Å². The molecule has 2 heterocycles. The summed E-state index contributed by atoms with van der Waals surface area (Å²) in [7, 11) is 2.21. The Bertz CT molecular complexity index is 301. The topological polar surface area (TPSA) is 44.0 Å². The smallest absolute Gasteiger partial charge is 0.107 e. The molecule has 0 amide bonds. The van der Waals surface area contributed by atoms with Gasteiger partial charge in [-0.15, -0.1) is 0 Å². The Hall–Kier alpha value is -0.870. The molecule has 2 rings (SSSR count). The van der Waals surface area contributed by atoms with Crippen LogP contribution in [0.3, 0.4) is 0 Å². The zero-order chi connectivity index (χ0) is 12.1. The Morgan fingerprint density at radius 3 is 2.94 bits per heavy atom. The molecule has 0 saturated carbocycles. The number of rotatable bonds is 5. The van der Waals surface area contributed by atoms with E-state index in [1.54, 1.807) is 0 Å². The highest BCUT2D eigenvalue weighted by Crippen LogP contribution is 2.19. The van der Waals surface area contributed by atoms with Crippen LogP contribution in [0.15, 0.2) is 12.4 Å². The predicted octanol–water partition coefficient (Wildman–Crippen LogP) is 1.27. The second-order valence-electron chi connectivity index (χ2n) is 5.17. The number of nitrogens with zero attached hydrogens (tertiary/aromatic N) is 2. The molecule has 1 aromatic rings. The second-order valence-corrected chi connectivity index (χ2v) is 5.17. The van der Waals surface area contributed by atoms with Gasteiger partial charge in [0.1, 0.15) is 5.82 Å². The van der Waals surface area contributed by atoms with Crippen LogP contribution in [0.2, 0.25) is 0 Å². The minimum absolute atomic E-state index is 0.624. The zero-order valence-electron chi connectivity index (χ0n) is 10.9. The first kappa shape index (κ1) is 12.6. The molecule has 17 heavy (non-hydrogen) atoms. The highest BCUT2D eigenvalue weighted by Gasteiger charge is 2.21. The lowest BCUT2D eigenvalue weighted by Gasteiger charge is -2.33. The van der Waals surface area contributed by atoms with Gasteiger partial charge in [0.25, 0.3) is 0 Å². The molecule has 0 aromatic carbocycles. The molecule has 1 aliphatic rings. The number of aromatic amines is 1. The van der Waals surface area contributed by atoms with Gasteiger partial charge in [-0.1, -0.05) is 0 Å². The Morgan fingerprint density at radius 1 is 1.53 bits per heavy atom. The van der Waals surface area contributed by atoms with E-state index in [0.717, 1.165) is 24.7 Å². The van der Waals surface area contributed by atoms with Gasteiger partial charge in [0.15, 0.2) is 0 Å². The minimum atomic E-state index is 0.624. The summed E-state index contributed by atoms with van der Waals surface area (Å²) in [5.41, 5.74) is 0. The van der Waals surface area contributed by atoms with Crippen molar-refractivity contribution in [2.75, 3.05) is 26.7 Å². The number of hydrogen-bond donors (Lipinski definition) is 2. The lowest BCUT2D eigenvalue weighted by molar-refractivity contribution is 0.190. The normalized spacial score (nSPS) is 20.6. The van der Waals surface area contributed by atoms with Gasteiger partial charge in [0.05, 0.1) is 0 Å². The van der Waals surface area contributed by atoms with Crippen molar-refractivity contribution in [2.24, 2.45) is 5.92 Å². The molecule has 1 aliphatic heterocycles. The van der Waals surface area contributed by atoms with Gasteiger partial charge >= 0.3 is 0 Å². The van der Waals surface area contributed by atoms with E-state index < -0.39 is 0 Å². The van der Waals surface area contributed by atoms with Crippen LogP contribution in [-0.4, -0.2) is 47.6 Å². The molecule has 0 aliphatic carbocycles. The van der Waals surface area contributed by atoms with Crippen molar-refractivity contribution in [3.05, 3.63) is 18.2 Å². The predicted molar refractivity (Wildman–Crippen MR) is 70.0 cm³/mol. The Balaban J connectivity index is 1.65. The number of piperidine rings is 1. The van der Waals surface area contributed by atoms with E-state index in [4.69, 9.17) is 0 Å². The summed E-state index contributed by atoms with van der Waals surface area (Å²) in [5, 5.41) is 3.63. The fourth-order valence-electron chi connectivity index (χ4n) is 2.55. The molecule has 1 unspecified atom stereocenters. The first-order valence-electron chi connectivity index (χ1n) is 6.66. The third-order valence-corrected chi connectivity index (χ3v) is 3.85. The van der Waals surface area contributed by atoms with E-state index in [1.165, 1.54) is 25.9 Å². The van der Waals surface area contributed by atoms with E-state index in [1.807, 2.05) is 12.4 Å². The quantitative estimate of drug-likeness (QED) is 0.809.